The zero-order valence-corrected chi connectivity index (χ0v) is 36.0. The Labute approximate surface area is 313 Å². The van der Waals surface area contributed by atoms with Crippen LogP contribution in [-0.2, 0) is 12.8 Å². The van der Waals surface area contributed by atoms with E-state index in [1.807, 2.05) is 12.1 Å². The molecule has 0 aliphatic rings. The molecule has 3 aromatic rings. The average Bonchev–Trinajstić information content (AvgIpc) is 2.99. The van der Waals surface area contributed by atoms with Gasteiger partial charge in [-0.25, -0.2) is 0 Å². The molecule has 0 aliphatic carbocycles. The lowest BCUT2D eigenvalue weighted by Gasteiger charge is -2.26. The summed E-state index contributed by atoms with van der Waals surface area (Å²) in [5.74, 6) is 8.81. The summed E-state index contributed by atoms with van der Waals surface area (Å²) in [7, 11) is 0. The van der Waals surface area contributed by atoms with Crippen molar-refractivity contribution in [2.45, 2.75) is 131 Å². The molecule has 258 valence electrons. The van der Waals surface area contributed by atoms with Crippen LogP contribution in [0, 0.1) is 22.9 Å². The van der Waals surface area contributed by atoms with Crippen LogP contribution in [0.4, 0.5) is 0 Å². The summed E-state index contributed by atoms with van der Waals surface area (Å²) in [4.78, 5) is 0. The fourth-order valence-electron chi connectivity index (χ4n) is 6.16. The molecule has 0 unspecified atom stereocenters. The molecule has 48 heavy (non-hydrogen) atoms. The van der Waals surface area contributed by atoms with E-state index in [1.54, 1.807) is 0 Å². The first-order valence-electron chi connectivity index (χ1n) is 17.5. The first kappa shape index (κ1) is 40.8. The molecule has 0 amide bonds. The fourth-order valence-corrected chi connectivity index (χ4v) is 13.3. The first-order valence-corrected chi connectivity index (χ1v) is 25.5. The fraction of sp³-hybridized carbons (Fsp3) is 0.476. The highest BCUT2D eigenvalue weighted by atomic mass is 35.7. The number of benzene rings is 3. The first-order chi connectivity index (χ1) is 22.3. The standard InChI is InChI=1S/C42H54Cl4Si2/c1-27(2)35-23-37(29(5)6)41(38(24-35)30(7)8)47(43,44)21-15-19-33-17-13-14-18-34(33)20-16-22-48(45,46)42-39(31(9)10)25-36(28(3)4)26-40(42)32(11)12/h13-14,17-18,23-32H,19-20H2,1-12H3. The maximum absolute atomic E-state index is 7.27. The van der Waals surface area contributed by atoms with Crippen LogP contribution in [0.3, 0.4) is 0 Å². The molecule has 0 fully saturated rings. The van der Waals surface area contributed by atoms with E-state index in [2.05, 4.69) is 142 Å². The molecular formula is C42H54Cl4Si2. The summed E-state index contributed by atoms with van der Waals surface area (Å²) in [6.07, 6.45) is 1.08. The second-order valence-corrected chi connectivity index (χ2v) is 26.7. The number of halogens is 4. The van der Waals surface area contributed by atoms with Crippen molar-refractivity contribution in [3.05, 3.63) is 93.0 Å². The van der Waals surface area contributed by atoms with Gasteiger partial charge in [-0.15, -0.1) is 56.2 Å². The number of hydrogen-bond donors (Lipinski definition) is 0. The Bertz CT molecular complexity index is 1520. The Balaban J connectivity index is 1.98. The minimum Gasteiger partial charge on any atom is -0.124 e. The lowest BCUT2D eigenvalue weighted by atomic mass is 9.89. The van der Waals surface area contributed by atoms with E-state index < -0.39 is 13.4 Å². The van der Waals surface area contributed by atoms with Crippen molar-refractivity contribution >= 4 is 68.1 Å². The molecule has 0 aliphatic heterocycles. The molecule has 3 aromatic carbocycles. The van der Waals surface area contributed by atoms with Gasteiger partial charge in [0.15, 0.2) is 0 Å². The van der Waals surface area contributed by atoms with E-state index in [1.165, 1.54) is 33.4 Å². The van der Waals surface area contributed by atoms with Crippen LogP contribution in [0.1, 0.15) is 163 Å². The van der Waals surface area contributed by atoms with Gasteiger partial charge in [0.2, 0.25) is 0 Å². The van der Waals surface area contributed by atoms with Gasteiger partial charge in [-0.3, -0.25) is 0 Å². The monoisotopic (exact) mass is 754 g/mol. The molecule has 0 saturated carbocycles. The maximum atomic E-state index is 7.27. The van der Waals surface area contributed by atoms with E-state index in [0.717, 1.165) is 21.5 Å². The molecule has 0 aromatic heterocycles. The van der Waals surface area contributed by atoms with Crippen LogP contribution >= 0.6 is 44.3 Å². The van der Waals surface area contributed by atoms with Gasteiger partial charge in [-0.2, -0.15) is 0 Å². The van der Waals surface area contributed by atoms with E-state index >= 15 is 0 Å². The van der Waals surface area contributed by atoms with Crippen molar-refractivity contribution in [3.63, 3.8) is 0 Å². The van der Waals surface area contributed by atoms with E-state index in [9.17, 15) is 0 Å². The molecule has 0 spiro atoms. The Morgan fingerprint density at radius 1 is 0.458 bits per heavy atom. The minimum absolute atomic E-state index is 0.294. The molecule has 0 saturated heterocycles. The highest BCUT2D eigenvalue weighted by Crippen LogP contribution is 2.32. The molecule has 6 heteroatoms. The Morgan fingerprint density at radius 2 is 0.729 bits per heavy atom. The van der Waals surface area contributed by atoms with Crippen LogP contribution < -0.4 is 10.4 Å². The molecule has 0 nitrogen and oxygen atoms in total. The smallest absolute Gasteiger partial charge is 0.124 e. The summed E-state index contributed by atoms with van der Waals surface area (Å²) < 4.78 is 0. The molecule has 0 atom stereocenters. The predicted molar refractivity (Wildman–Crippen MR) is 221 cm³/mol. The van der Waals surface area contributed by atoms with Crippen molar-refractivity contribution in [1.29, 1.82) is 0 Å². The second kappa shape index (κ2) is 17.1. The molecule has 0 heterocycles. The topological polar surface area (TPSA) is 0 Å². The van der Waals surface area contributed by atoms with Crippen LogP contribution in [0.5, 0.6) is 0 Å². The van der Waals surface area contributed by atoms with Gasteiger partial charge in [-0.1, -0.05) is 143 Å². The van der Waals surface area contributed by atoms with Crippen LogP contribution in [0.15, 0.2) is 48.5 Å². The molecular weight excluding hydrogens is 702 g/mol. The third-order valence-corrected chi connectivity index (χ3v) is 15.9. The summed E-state index contributed by atoms with van der Waals surface area (Å²) in [5.41, 5.74) is 16.5. The number of rotatable bonds is 10. The predicted octanol–water partition coefficient (Wildman–Crippen LogP) is 12.3. The van der Waals surface area contributed by atoms with Gasteiger partial charge >= 0.3 is 13.4 Å². The summed E-state index contributed by atoms with van der Waals surface area (Å²) >= 11 is 29.1. The Kier molecular flexibility index (Phi) is 14.5. The van der Waals surface area contributed by atoms with Gasteiger partial charge in [0.1, 0.15) is 0 Å². The summed E-state index contributed by atoms with van der Waals surface area (Å²) in [6, 6.07) is 17.5. The largest absolute Gasteiger partial charge is 0.356 e. The zero-order valence-electron chi connectivity index (χ0n) is 31.0. The number of hydrogen-bond acceptors (Lipinski definition) is 0. The van der Waals surface area contributed by atoms with E-state index in [0.29, 0.717) is 48.3 Å². The van der Waals surface area contributed by atoms with Crippen LogP contribution in [-0.4, -0.2) is 13.4 Å². The van der Waals surface area contributed by atoms with Crippen molar-refractivity contribution in [2.75, 3.05) is 0 Å². The second-order valence-electron chi connectivity index (χ2n) is 15.0. The zero-order chi connectivity index (χ0) is 36.1. The minimum atomic E-state index is -3.13. The van der Waals surface area contributed by atoms with Crippen LogP contribution in [0.2, 0.25) is 0 Å². The molecule has 3 rings (SSSR count). The van der Waals surface area contributed by atoms with Crippen molar-refractivity contribution in [1.82, 2.24) is 0 Å². The van der Waals surface area contributed by atoms with Crippen LogP contribution in [0.25, 0.3) is 0 Å². The summed E-state index contributed by atoms with van der Waals surface area (Å²) in [6.45, 7) is 20.4. The average molecular weight is 757 g/mol. The highest BCUT2D eigenvalue weighted by molar-refractivity contribution is 7.55. The quantitative estimate of drug-likeness (QED) is 0.110. The van der Waals surface area contributed by atoms with Crippen molar-refractivity contribution in [2.24, 2.45) is 0 Å². The molecule has 0 N–H and O–H groups in total. The Morgan fingerprint density at radius 3 is 0.958 bits per heavy atom. The van der Waals surface area contributed by atoms with Gasteiger partial charge in [0.25, 0.3) is 0 Å². The third-order valence-electron chi connectivity index (χ3n) is 9.06. The lowest BCUT2D eigenvalue weighted by molar-refractivity contribution is 0.812. The Hall–Kier alpha value is -1.63. The lowest BCUT2D eigenvalue weighted by Crippen LogP contribution is -2.42. The molecule has 0 bridgehead atoms. The third kappa shape index (κ3) is 10.00. The normalized spacial score (nSPS) is 12.3. The van der Waals surface area contributed by atoms with E-state index in [-0.39, 0.29) is 0 Å². The highest BCUT2D eigenvalue weighted by Gasteiger charge is 2.37. The van der Waals surface area contributed by atoms with Crippen molar-refractivity contribution < 1.29 is 0 Å². The van der Waals surface area contributed by atoms with Gasteiger partial charge in [0, 0.05) is 12.8 Å². The molecule has 0 radical (unpaired) electrons. The SMILES string of the molecule is CC(C)c1cc(C(C)C)c([Si](Cl)(Cl)C#CCc2ccccc2CC#C[Si](Cl)(Cl)c2c(C(C)C)cc(C(C)C)cc2C(C)C)c(C(C)C)c1. The maximum Gasteiger partial charge on any atom is 0.356 e. The summed E-state index contributed by atoms with van der Waals surface area (Å²) in [5, 5.41) is 2.14. The van der Waals surface area contributed by atoms with Gasteiger partial charge < -0.3 is 0 Å². The van der Waals surface area contributed by atoms with Crippen molar-refractivity contribution in [3.8, 4) is 22.9 Å². The van der Waals surface area contributed by atoms with Gasteiger partial charge in [-0.05, 0) is 90.4 Å². The van der Waals surface area contributed by atoms with Gasteiger partial charge in [0.05, 0.1) is 0 Å². The van der Waals surface area contributed by atoms with E-state index in [4.69, 9.17) is 44.3 Å².